The van der Waals surface area contributed by atoms with Gasteiger partial charge in [-0.2, -0.15) is 0 Å². The highest BCUT2D eigenvalue weighted by Gasteiger charge is 2.17. The highest BCUT2D eigenvalue weighted by atomic mass is 35.5. The number of carbonyl (C=O) groups excluding carboxylic acids is 1. The second kappa shape index (κ2) is 8.43. The molecule has 1 heterocycles. The summed E-state index contributed by atoms with van der Waals surface area (Å²) in [6.07, 6.45) is 0.235. The van der Waals surface area contributed by atoms with Crippen LogP contribution < -0.4 is 15.5 Å². The molecule has 1 aliphatic heterocycles. The van der Waals surface area contributed by atoms with Gasteiger partial charge in [0.05, 0.1) is 18.8 Å². The molecule has 2 amide bonds. The van der Waals surface area contributed by atoms with Crippen LogP contribution in [0.1, 0.15) is 25.5 Å². The van der Waals surface area contributed by atoms with Crippen LogP contribution in [0.3, 0.4) is 0 Å². The number of halogens is 1. The summed E-state index contributed by atoms with van der Waals surface area (Å²) >= 11 is 6.18. The highest BCUT2D eigenvalue weighted by molar-refractivity contribution is 6.31. The molecule has 3 rings (SSSR count). The summed E-state index contributed by atoms with van der Waals surface area (Å²) < 4.78 is 5.57. The summed E-state index contributed by atoms with van der Waals surface area (Å²) in [6.45, 7) is 6.48. The van der Waals surface area contributed by atoms with Crippen molar-refractivity contribution in [2.75, 3.05) is 29.9 Å². The van der Waals surface area contributed by atoms with E-state index >= 15 is 0 Å². The number of rotatable bonds is 4. The minimum atomic E-state index is -0.259. The second-order valence-electron chi connectivity index (χ2n) is 6.52. The normalized spacial score (nSPS) is 18.3. The largest absolute Gasteiger partial charge is 0.375 e. The Kier molecular flexibility index (Phi) is 6.01. The quantitative estimate of drug-likeness (QED) is 0.832. The van der Waals surface area contributed by atoms with Crippen LogP contribution in [-0.4, -0.2) is 31.8 Å². The highest BCUT2D eigenvalue weighted by Crippen LogP contribution is 2.23. The third kappa shape index (κ3) is 4.68. The number of nitrogens with one attached hydrogen (secondary N) is 2. The van der Waals surface area contributed by atoms with Gasteiger partial charge in [0.15, 0.2) is 0 Å². The summed E-state index contributed by atoms with van der Waals surface area (Å²) in [5, 5.41) is 6.42. The van der Waals surface area contributed by atoms with Crippen molar-refractivity contribution in [2.24, 2.45) is 0 Å². The van der Waals surface area contributed by atoms with Gasteiger partial charge in [0.1, 0.15) is 0 Å². The topological polar surface area (TPSA) is 53.6 Å². The maximum absolute atomic E-state index is 12.2. The van der Waals surface area contributed by atoms with Gasteiger partial charge in [-0.25, -0.2) is 4.79 Å². The number of anilines is 2. The predicted molar refractivity (Wildman–Crippen MR) is 106 cm³/mol. The average Bonchev–Trinajstić information content (AvgIpc) is 2.62. The lowest BCUT2D eigenvalue weighted by Gasteiger charge is -2.33. The molecular weight excluding hydrogens is 350 g/mol. The molecule has 2 aromatic rings. The lowest BCUT2D eigenvalue weighted by Crippen LogP contribution is -2.41. The van der Waals surface area contributed by atoms with E-state index in [-0.39, 0.29) is 18.2 Å². The molecule has 0 bridgehead atoms. The van der Waals surface area contributed by atoms with Crippen molar-refractivity contribution in [3.05, 3.63) is 59.1 Å². The van der Waals surface area contributed by atoms with Crippen LogP contribution >= 0.6 is 11.6 Å². The van der Waals surface area contributed by atoms with Crippen molar-refractivity contribution in [1.82, 2.24) is 5.32 Å². The number of hydrogen-bond donors (Lipinski definition) is 2. The molecule has 2 unspecified atom stereocenters. The van der Waals surface area contributed by atoms with Gasteiger partial charge >= 0.3 is 6.03 Å². The summed E-state index contributed by atoms with van der Waals surface area (Å²) in [7, 11) is 0. The summed E-state index contributed by atoms with van der Waals surface area (Å²) in [5.74, 6) is 0. The van der Waals surface area contributed by atoms with Gasteiger partial charge in [0, 0.05) is 29.5 Å². The molecule has 5 nitrogen and oxygen atoms in total. The maximum atomic E-state index is 12.2. The minimum Gasteiger partial charge on any atom is -0.375 e. The standard InChI is InChI=1S/C20H24ClN3O2/c1-14-13-24(11-12-26-14)17-9-7-16(8-10-17)23-20(25)22-15(2)18-5-3-4-6-19(18)21/h3-10,14-15H,11-13H2,1-2H3,(H2,22,23,25). The van der Waals surface area contributed by atoms with Crippen LogP contribution in [0.2, 0.25) is 5.02 Å². The molecule has 1 aliphatic rings. The van der Waals surface area contributed by atoms with Crippen LogP contribution in [-0.2, 0) is 4.74 Å². The van der Waals surface area contributed by atoms with E-state index in [1.54, 1.807) is 0 Å². The first kappa shape index (κ1) is 18.5. The fourth-order valence-electron chi connectivity index (χ4n) is 3.08. The predicted octanol–water partition coefficient (Wildman–Crippen LogP) is 4.45. The van der Waals surface area contributed by atoms with E-state index in [9.17, 15) is 4.79 Å². The van der Waals surface area contributed by atoms with E-state index in [0.717, 1.165) is 36.6 Å². The Labute approximate surface area is 159 Å². The number of urea groups is 1. The number of carbonyl (C=O) groups is 1. The lowest BCUT2D eigenvalue weighted by atomic mass is 10.1. The van der Waals surface area contributed by atoms with Gasteiger partial charge in [0.25, 0.3) is 0 Å². The second-order valence-corrected chi connectivity index (χ2v) is 6.92. The number of nitrogens with zero attached hydrogens (tertiary/aromatic N) is 1. The summed E-state index contributed by atoms with van der Waals surface area (Å²) in [6, 6.07) is 14.9. The Bertz CT molecular complexity index is 751. The van der Waals surface area contributed by atoms with Crippen molar-refractivity contribution in [3.63, 3.8) is 0 Å². The Morgan fingerprint density at radius 3 is 2.65 bits per heavy atom. The van der Waals surface area contributed by atoms with Gasteiger partial charge in [-0.15, -0.1) is 0 Å². The Balaban J connectivity index is 1.57. The van der Waals surface area contributed by atoms with Crippen LogP contribution in [0.5, 0.6) is 0 Å². The zero-order valence-corrected chi connectivity index (χ0v) is 15.8. The molecule has 26 heavy (non-hydrogen) atoms. The van der Waals surface area contributed by atoms with Crippen LogP contribution in [0.15, 0.2) is 48.5 Å². The molecule has 2 aromatic carbocycles. The number of benzene rings is 2. The van der Waals surface area contributed by atoms with Crippen LogP contribution in [0.4, 0.5) is 16.2 Å². The fraction of sp³-hybridized carbons (Fsp3) is 0.350. The molecule has 2 N–H and O–H groups in total. The van der Waals surface area contributed by atoms with E-state index in [4.69, 9.17) is 16.3 Å². The minimum absolute atomic E-state index is 0.183. The van der Waals surface area contributed by atoms with Crippen LogP contribution in [0.25, 0.3) is 0 Å². The molecular formula is C20H24ClN3O2. The van der Waals surface area contributed by atoms with Crippen molar-refractivity contribution in [2.45, 2.75) is 26.0 Å². The molecule has 138 valence electrons. The number of morpholine rings is 1. The van der Waals surface area contributed by atoms with Crippen LogP contribution in [0, 0.1) is 0 Å². The first-order valence-corrected chi connectivity index (χ1v) is 9.19. The Morgan fingerprint density at radius 1 is 1.23 bits per heavy atom. The smallest absolute Gasteiger partial charge is 0.319 e. The summed E-state index contributed by atoms with van der Waals surface area (Å²) in [5.41, 5.74) is 2.77. The van der Waals surface area contributed by atoms with Gasteiger partial charge in [0.2, 0.25) is 0 Å². The van der Waals surface area contributed by atoms with Gasteiger partial charge in [-0.3, -0.25) is 0 Å². The van der Waals surface area contributed by atoms with Crippen molar-refractivity contribution in [3.8, 4) is 0 Å². The lowest BCUT2D eigenvalue weighted by molar-refractivity contribution is 0.0532. The van der Waals surface area contributed by atoms with E-state index < -0.39 is 0 Å². The molecule has 6 heteroatoms. The SMILES string of the molecule is CC1CN(c2ccc(NC(=O)NC(C)c3ccccc3Cl)cc2)CCO1. The average molecular weight is 374 g/mol. The van der Waals surface area contributed by atoms with Gasteiger partial charge in [-0.1, -0.05) is 29.8 Å². The fourth-order valence-corrected chi connectivity index (χ4v) is 3.38. The van der Waals surface area contributed by atoms with E-state index in [1.807, 2.05) is 55.5 Å². The molecule has 0 spiro atoms. The van der Waals surface area contributed by atoms with Crippen molar-refractivity contribution >= 4 is 29.0 Å². The summed E-state index contributed by atoms with van der Waals surface area (Å²) in [4.78, 5) is 14.5. The third-order valence-electron chi connectivity index (χ3n) is 4.45. The number of amides is 2. The molecule has 0 saturated carbocycles. The molecule has 2 atom stereocenters. The molecule has 0 radical (unpaired) electrons. The van der Waals surface area contributed by atoms with Crippen molar-refractivity contribution in [1.29, 1.82) is 0 Å². The van der Waals surface area contributed by atoms with Gasteiger partial charge < -0.3 is 20.3 Å². The molecule has 1 fully saturated rings. The first-order chi connectivity index (χ1) is 12.5. The molecule has 1 saturated heterocycles. The zero-order valence-electron chi connectivity index (χ0n) is 15.0. The zero-order chi connectivity index (χ0) is 18.5. The van der Waals surface area contributed by atoms with E-state index in [2.05, 4.69) is 22.5 Å². The monoisotopic (exact) mass is 373 g/mol. The van der Waals surface area contributed by atoms with Gasteiger partial charge in [-0.05, 0) is 49.7 Å². The molecule has 0 aromatic heterocycles. The first-order valence-electron chi connectivity index (χ1n) is 8.81. The third-order valence-corrected chi connectivity index (χ3v) is 4.79. The number of hydrogen-bond acceptors (Lipinski definition) is 3. The van der Waals surface area contributed by atoms with E-state index in [1.165, 1.54) is 0 Å². The van der Waals surface area contributed by atoms with Crippen molar-refractivity contribution < 1.29 is 9.53 Å². The Hall–Kier alpha value is -2.24. The molecule has 0 aliphatic carbocycles. The number of ether oxygens (including phenoxy) is 1. The maximum Gasteiger partial charge on any atom is 0.319 e. The van der Waals surface area contributed by atoms with E-state index in [0.29, 0.717) is 5.02 Å². The Morgan fingerprint density at radius 2 is 1.96 bits per heavy atom.